The molecule has 1 fully saturated rings. The molecule has 110 valence electrons. The fraction of sp³-hybridized carbons (Fsp3) is 0.211. The molecule has 0 amide bonds. The van der Waals surface area contributed by atoms with Crippen molar-refractivity contribution in [2.24, 2.45) is 0 Å². The topological polar surface area (TPSA) is 27.0 Å². The average molecular weight is 309 g/mol. The summed E-state index contributed by atoms with van der Waals surface area (Å²) in [5.41, 5.74) is 3.83. The van der Waals surface area contributed by atoms with E-state index in [0.29, 0.717) is 10.6 Å². The van der Waals surface area contributed by atoms with E-state index in [2.05, 4.69) is 35.2 Å². The second-order valence-corrected chi connectivity index (χ2v) is 5.90. The molecule has 0 N–H and O–H groups in total. The Morgan fingerprint density at radius 2 is 1.64 bits per heavy atom. The molecule has 0 aromatic heterocycles. The standard InChI is InChI=1S/C19H17ClN2/c20-18-7-5-16(6-8-18)17(14-21)13-15-3-9-19(10-4-15)22-11-1-2-12-22/h3-10,13H,1-2,11-12H2. The average Bonchev–Trinajstić information content (AvgIpc) is 3.09. The molecule has 1 saturated heterocycles. The molecule has 0 atom stereocenters. The summed E-state index contributed by atoms with van der Waals surface area (Å²) in [4.78, 5) is 2.40. The second kappa shape index (κ2) is 6.68. The van der Waals surface area contributed by atoms with Crippen LogP contribution in [-0.2, 0) is 0 Å². The van der Waals surface area contributed by atoms with Crippen LogP contribution in [0.5, 0.6) is 0 Å². The molecule has 2 aromatic rings. The number of hydrogen-bond donors (Lipinski definition) is 0. The van der Waals surface area contributed by atoms with Crippen LogP contribution in [0.2, 0.25) is 5.02 Å². The first kappa shape index (κ1) is 14.7. The maximum Gasteiger partial charge on any atom is 0.0998 e. The van der Waals surface area contributed by atoms with Crippen LogP contribution in [0.15, 0.2) is 48.5 Å². The molecule has 0 saturated carbocycles. The zero-order valence-corrected chi connectivity index (χ0v) is 13.1. The van der Waals surface area contributed by atoms with Gasteiger partial charge in [0.05, 0.1) is 11.6 Å². The number of rotatable bonds is 3. The van der Waals surface area contributed by atoms with E-state index in [1.165, 1.54) is 18.5 Å². The predicted octanol–water partition coefficient (Wildman–Crippen LogP) is 5.00. The lowest BCUT2D eigenvalue weighted by Crippen LogP contribution is -2.17. The van der Waals surface area contributed by atoms with Crippen LogP contribution < -0.4 is 4.90 Å². The number of hydrogen-bond acceptors (Lipinski definition) is 2. The van der Waals surface area contributed by atoms with Crippen molar-refractivity contribution >= 4 is 28.9 Å². The first-order valence-corrected chi connectivity index (χ1v) is 7.87. The Bertz CT molecular complexity index is 703. The first-order valence-electron chi connectivity index (χ1n) is 7.49. The highest BCUT2D eigenvalue weighted by molar-refractivity contribution is 6.30. The summed E-state index contributed by atoms with van der Waals surface area (Å²) < 4.78 is 0. The third-order valence-corrected chi connectivity index (χ3v) is 4.20. The Labute approximate surface area is 136 Å². The van der Waals surface area contributed by atoms with Crippen LogP contribution in [-0.4, -0.2) is 13.1 Å². The van der Waals surface area contributed by atoms with Gasteiger partial charge in [0.25, 0.3) is 0 Å². The maximum absolute atomic E-state index is 9.38. The minimum absolute atomic E-state index is 0.644. The van der Waals surface area contributed by atoms with Crippen molar-refractivity contribution < 1.29 is 0 Å². The van der Waals surface area contributed by atoms with E-state index < -0.39 is 0 Å². The normalized spacial score (nSPS) is 14.9. The highest BCUT2D eigenvalue weighted by atomic mass is 35.5. The van der Waals surface area contributed by atoms with Crippen molar-refractivity contribution in [2.45, 2.75) is 12.8 Å². The SMILES string of the molecule is N#CC(=Cc1ccc(N2CCCC2)cc1)c1ccc(Cl)cc1. The fourth-order valence-electron chi connectivity index (χ4n) is 2.73. The lowest BCUT2D eigenvalue weighted by Gasteiger charge is -2.17. The molecule has 0 aliphatic carbocycles. The van der Waals surface area contributed by atoms with Crippen molar-refractivity contribution in [3.05, 3.63) is 64.7 Å². The van der Waals surface area contributed by atoms with Crippen molar-refractivity contribution in [3.8, 4) is 6.07 Å². The Morgan fingerprint density at radius 1 is 1.00 bits per heavy atom. The largest absolute Gasteiger partial charge is 0.372 e. The summed E-state index contributed by atoms with van der Waals surface area (Å²) in [5, 5.41) is 10.1. The van der Waals surface area contributed by atoms with E-state index in [4.69, 9.17) is 11.6 Å². The molecule has 3 heteroatoms. The van der Waals surface area contributed by atoms with E-state index in [0.717, 1.165) is 24.2 Å². The smallest absolute Gasteiger partial charge is 0.0998 e. The van der Waals surface area contributed by atoms with Gasteiger partial charge in [-0.25, -0.2) is 0 Å². The Morgan fingerprint density at radius 3 is 2.23 bits per heavy atom. The summed E-state index contributed by atoms with van der Waals surface area (Å²) in [7, 11) is 0. The molecule has 2 aromatic carbocycles. The lowest BCUT2D eigenvalue weighted by atomic mass is 10.0. The molecular formula is C19H17ClN2. The summed E-state index contributed by atoms with van der Waals surface area (Å²) in [6.07, 6.45) is 4.46. The summed E-state index contributed by atoms with van der Waals surface area (Å²) in [6, 6.07) is 18.0. The molecule has 1 aliphatic heterocycles. The number of nitriles is 1. The van der Waals surface area contributed by atoms with Gasteiger partial charge in [0.1, 0.15) is 0 Å². The van der Waals surface area contributed by atoms with Crippen LogP contribution in [0.1, 0.15) is 24.0 Å². The fourth-order valence-corrected chi connectivity index (χ4v) is 2.86. The minimum Gasteiger partial charge on any atom is -0.372 e. The van der Waals surface area contributed by atoms with Gasteiger partial charge in [-0.15, -0.1) is 0 Å². The van der Waals surface area contributed by atoms with E-state index in [1.807, 2.05) is 18.2 Å². The van der Waals surface area contributed by atoms with Gasteiger partial charge in [0.2, 0.25) is 0 Å². The highest BCUT2D eigenvalue weighted by Gasteiger charge is 2.11. The van der Waals surface area contributed by atoms with Gasteiger partial charge >= 0.3 is 0 Å². The van der Waals surface area contributed by atoms with Crippen molar-refractivity contribution in [1.29, 1.82) is 5.26 Å². The van der Waals surface area contributed by atoms with E-state index in [-0.39, 0.29) is 0 Å². The second-order valence-electron chi connectivity index (χ2n) is 5.46. The highest BCUT2D eigenvalue weighted by Crippen LogP contribution is 2.23. The third kappa shape index (κ3) is 3.32. The van der Waals surface area contributed by atoms with Crippen LogP contribution in [0, 0.1) is 11.3 Å². The molecule has 1 heterocycles. The van der Waals surface area contributed by atoms with Gasteiger partial charge in [-0.05, 0) is 54.3 Å². The summed E-state index contributed by atoms with van der Waals surface area (Å²) >= 11 is 5.89. The van der Waals surface area contributed by atoms with Crippen LogP contribution >= 0.6 is 11.6 Å². The van der Waals surface area contributed by atoms with Crippen LogP contribution in [0.25, 0.3) is 11.6 Å². The van der Waals surface area contributed by atoms with Gasteiger partial charge < -0.3 is 4.90 Å². The third-order valence-electron chi connectivity index (χ3n) is 3.95. The molecule has 3 rings (SSSR count). The van der Waals surface area contributed by atoms with Gasteiger partial charge in [0, 0.05) is 23.8 Å². The Balaban J connectivity index is 1.83. The Kier molecular flexibility index (Phi) is 4.46. The number of anilines is 1. The van der Waals surface area contributed by atoms with Crippen molar-refractivity contribution in [3.63, 3.8) is 0 Å². The zero-order chi connectivity index (χ0) is 15.4. The number of halogens is 1. The van der Waals surface area contributed by atoms with Gasteiger partial charge in [0.15, 0.2) is 0 Å². The number of benzene rings is 2. The van der Waals surface area contributed by atoms with Gasteiger partial charge in [-0.1, -0.05) is 35.9 Å². The molecule has 0 bridgehead atoms. The molecular weight excluding hydrogens is 292 g/mol. The number of nitrogens with zero attached hydrogens (tertiary/aromatic N) is 2. The van der Waals surface area contributed by atoms with E-state index in [9.17, 15) is 5.26 Å². The summed E-state index contributed by atoms with van der Waals surface area (Å²) in [6.45, 7) is 2.28. The monoisotopic (exact) mass is 308 g/mol. The van der Waals surface area contributed by atoms with E-state index in [1.54, 1.807) is 12.1 Å². The molecule has 1 aliphatic rings. The van der Waals surface area contributed by atoms with Crippen molar-refractivity contribution in [2.75, 3.05) is 18.0 Å². The molecule has 0 radical (unpaired) electrons. The predicted molar refractivity (Wildman–Crippen MR) is 92.8 cm³/mol. The Hall–Kier alpha value is -2.24. The van der Waals surface area contributed by atoms with E-state index >= 15 is 0 Å². The minimum atomic E-state index is 0.644. The number of allylic oxidation sites excluding steroid dienone is 1. The van der Waals surface area contributed by atoms with Gasteiger partial charge in [-0.3, -0.25) is 0 Å². The van der Waals surface area contributed by atoms with Crippen LogP contribution in [0.3, 0.4) is 0 Å². The summed E-state index contributed by atoms with van der Waals surface area (Å²) in [5.74, 6) is 0. The van der Waals surface area contributed by atoms with Crippen LogP contribution in [0.4, 0.5) is 5.69 Å². The quantitative estimate of drug-likeness (QED) is 0.589. The lowest BCUT2D eigenvalue weighted by molar-refractivity contribution is 0.949. The molecule has 0 spiro atoms. The van der Waals surface area contributed by atoms with Crippen molar-refractivity contribution in [1.82, 2.24) is 0 Å². The zero-order valence-electron chi connectivity index (χ0n) is 12.3. The molecule has 22 heavy (non-hydrogen) atoms. The van der Waals surface area contributed by atoms with Gasteiger partial charge in [-0.2, -0.15) is 5.26 Å². The molecule has 2 nitrogen and oxygen atoms in total. The maximum atomic E-state index is 9.38. The molecule has 0 unspecified atom stereocenters. The first-order chi connectivity index (χ1) is 10.8.